The van der Waals surface area contributed by atoms with Crippen molar-refractivity contribution >= 4 is 11.9 Å². The van der Waals surface area contributed by atoms with Crippen LogP contribution in [0, 0.1) is 11.3 Å². The molecule has 1 aromatic rings. The summed E-state index contributed by atoms with van der Waals surface area (Å²) in [5, 5.41) is 18.4. The van der Waals surface area contributed by atoms with Crippen LogP contribution < -0.4 is 4.90 Å². The number of piperidine rings is 1. The van der Waals surface area contributed by atoms with Crippen LogP contribution >= 0.6 is 0 Å². The van der Waals surface area contributed by atoms with E-state index in [9.17, 15) is 9.90 Å². The van der Waals surface area contributed by atoms with Crippen molar-refractivity contribution in [1.29, 1.82) is 5.26 Å². The first kappa shape index (κ1) is 16.2. The molecule has 0 spiro atoms. The predicted molar refractivity (Wildman–Crippen MR) is 92.4 cm³/mol. The van der Waals surface area contributed by atoms with Crippen molar-refractivity contribution < 1.29 is 9.90 Å². The van der Waals surface area contributed by atoms with Gasteiger partial charge in [-0.2, -0.15) is 5.26 Å². The number of aromatic nitrogens is 1. The third-order valence-corrected chi connectivity index (χ3v) is 5.96. The monoisotopic (exact) mass is 341 g/mol. The Hall–Kier alpha value is -2.33. The van der Waals surface area contributed by atoms with Gasteiger partial charge in [0.05, 0.1) is 11.6 Å². The molecule has 1 aromatic heterocycles. The van der Waals surface area contributed by atoms with E-state index >= 15 is 0 Å². The van der Waals surface area contributed by atoms with Gasteiger partial charge in [-0.1, -0.05) is 0 Å². The van der Waals surface area contributed by atoms with Crippen LogP contribution in [0.3, 0.4) is 0 Å². The molecule has 2 unspecified atom stereocenters. The van der Waals surface area contributed by atoms with Gasteiger partial charge in [0.25, 0.3) is 0 Å². The number of piperazine rings is 1. The second kappa shape index (κ2) is 6.52. The molecule has 0 aliphatic carbocycles. The summed E-state index contributed by atoms with van der Waals surface area (Å²) in [6, 6.07) is 6.64. The van der Waals surface area contributed by atoms with Crippen LogP contribution in [0.4, 0.5) is 10.6 Å². The van der Waals surface area contributed by atoms with Gasteiger partial charge in [0.15, 0.2) is 0 Å². The number of nitrogens with zero attached hydrogens (tertiary/aromatic N) is 5. The molecule has 1 N–H and O–H groups in total. The molecule has 1 amide bonds. The van der Waals surface area contributed by atoms with Crippen molar-refractivity contribution in [2.75, 3.05) is 31.1 Å². The Kier molecular flexibility index (Phi) is 4.22. The van der Waals surface area contributed by atoms with E-state index in [0.29, 0.717) is 11.6 Å². The second-order valence-corrected chi connectivity index (χ2v) is 7.24. The molecule has 3 saturated heterocycles. The Morgan fingerprint density at radius 3 is 2.44 bits per heavy atom. The van der Waals surface area contributed by atoms with Gasteiger partial charge in [-0.3, -0.25) is 4.90 Å². The van der Waals surface area contributed by atoms with Crippen LogP contribution in [0.15, 0.2) is 18.3 Å². The first-order valence-electron chi connectivity index (χ1n) is 9.02. The van der Waals surface area contributed by atoms with Crippen LogP contribution in [0.25, 0.3) is 0 Å². The molecule has 4 heterocycles. The smallest absolute Gasteiger partial charge is 0.407 e. The van der Waals surface area contributed by atoms with Gasteiger partial charge in [0.1, 0.15) is 5.82 Å². The number of hydrogen-bond donors (Lipinski definition) is 1. The van der Waals surface area contributed by atoms with Gasteiger partial charge in [-0.25, -0.2) is 9.78 Å². The highest BCUT2D eigenvalue weighted by atomic mass is 16.4. The zero-order chi connectivity index (χ0) is 17.4. The van der Waals surface area contributed by atoms with Gasteiger partial charge < -0.3 is 14.9 Å². The van der Waals surface area contributed by atoms with Gasteiger partial charge in [0, 0.05) is 50.5 Å². The zero-order valence-corrected chi connectivity index (χ0v) is 14.2. The third kappa shape index (κ3) is 3.02. The Labute approximate surface area is 147 Å². The van der Waals surface area contributed by atoms with E-state index in [-0.39, 0.29) is 12.1 Å². The lowest BCUT2D eigenvalue weighted by atomic mass is 9.95. The van der Waals surface area contributed by atoms with E-state index < -0.39 is 6.09 Å². The maximum Gasteiger partial charge on any atom is 0.407 e. The van der Waals surface area contributed by atoms with Gasteiger partial charge in [-0.05, 0) is 37.8 Å². The lowest BCUT2D eigenvalue weighted by molar-refractivity contribution is 0.0544. The fourth-order valence-electron chi connectivity index (χ4n) is 4.74. The van der Waals surface area contributed by atoms with Crippen molar-refractivity contribution in [1.82, 2.24) is 14.8 Å². The molecule has 2 bridgehead atoms. The van der Waals surface area contributed by atoms with Crippen LogP contribution in [0.2, 0.25) is 0 Å². The van der Waals surface area contributed by atoms with E-state index in [0.717, 1.165) is 57.7 Å². The Morgan fingerprint density at radius 2 is 1.84 bits per heavy atom. The largest absolute Gasteiger partial charge is 0.465 e. The molecule has 7 nitrogen and oxygen atoms in total. The normalized spacial score (nSPS) is 29.5. The molecule has 25 heavy (non-hydrogen) atoms. The molecule has 7 heteroatoms. The highest BCUT2D eigenvalue weighted by molar-refractivity contribution is 5.66. The number of rotatable bonds is 2. The third-order valence-electron chi connectivity index (χ3n) is 5.96. The van der Waals surface area contributed by atoms with E-state index in [1.165, 1.54) is 0 Å². The zero-order valence-electron chi connectivity index (χ0n) is 14.2. The van der Waals surface area contributed by atoms with Gasteiger partial charge >= 0.3 is 6.09 Å². The molecule has 3 aliphatic heterocycles. The number of fused-ring (bicyclic) bond motifs is 2. The highest BCUT2D eigenvalue weighted by Gasteiger charge is 2.45. The summed E-state index contributed by atoms with van der Waals surface area (Å²) in [5.74, 6) is 0.875. The number of pyridine rings is 1. The van der Waals surface area contributed by atoms with Crippen LogP contribution in [0.5, 0.6) is 0 Å². The quantitative estimate of drug-likeness (QED) is 0.882. The maximum absolute atomic E-state index is 11.4. The number of hydrogen-bond acceptors (Lipinski definition) is 5. The Balaban J connectivity index is 1.37. The number of amides is 1. The van der Waals surface area contributed by atoms with Crippen LogP contribution in [-0.2, 0) is 0 Å². The van der Waals surface area contributed by atoms with Crippen molar-refractivity contribution in [3.63, 3.8) is 0 Å². The second-order valence-electron chi connectivity index (χ2n) is 7.24. The number of carbonyl (C=O) groups is 1. The molecular weight excluding hydrogens is 318 g/mol. The SMILES string of the molecule is N#Cc1ccnc(N2CCN(C3CC4CCC(C3)N4C(=O)O)CC2)c1. The van der Waals surface area contributed by atoms with E-state index in [4.69, 9.17) is 5.26 Å². The number of carboxylic acid groups (broad SMARTS) is 1. The molecule has 4 rings (SSSR count). The minimum absolute atomic E-state index is 0.202. The van der Waals surface area contributed by atoms with Gasteiger partial charge in [-0.15, -0.1) is 0 Å². The summed E-state index contributed by atoms with van der Waals surface area (Å²) in [6.45, 7) is 3.73. The molecule has 3 fully saturated rings. The number of anilines is 1. The summed E-state index contributed by atoms with van der Waals surface area (Å²) in [6.07, 6.45) is 4.89. The van der Waals surface area contributed by atoms with E-state index in [2.05, 4.69) is 20.9 Å². The molecule has 0 radical (unpaired) electrons. The summed E-state index contributed by atoms with van der Waals surface area (Å²) in [7, 11) is 0. The molecule has 0 saturated carbocycles. The number of nitriles is 1. The van der Waals surface area contributed by atoms with Crippen molar-refractivity contribution in [3.8, 4) is 6.07 Å². The molecule has 3 aliphatic rings. The van der Waals surface area contributed by atoms with Crippen molar-refractivity contribution in [2.24, 2.45) is 0 Å². The van der Waals surface area contributed by atoms with E-state index in [1.807, 2.05) is 6.07 Å². The molecular formula is C18H23N5O2. The summed E-state index contributed by atoms with van der Waals surface area (Å²) < 4.78 is 0. The Morgan fingerprint density at radius 1 is 1.16 bits per heavy atom. The van der Waals surface area contributed by atoms with Crippen LogP contribution in [-0.4, -0.2) is 70.3 Å². The lowest BCUT2D eigenvalue weighted by Gasteiger charge is -2.45. The van der Waals surface area contributed by atoms with Gasteiger partial charge in [0.2, 0.25) is 0 Å². The lowest BCUT2D eigenvalue weighted by Crippen LogP contribution is -2.56. The Bertz CT molecular complexity index is 681. The highest BCUT2D eigenvalue weighted by Crippen LogP contribution is 2.37. The summed E-state index contributed by atoms with van der Waals surface area (Å²) in [4.78, 5) is 22.3. The van der Waals surface area contributed by atoms with E-state index in [1.54, 1.807) is 17.2 Å². The summed E-state index contributed by atoms with van der Waals surface area (Å²) in [5.41, 5.74) is 0.644. The van der Waals surface area contributed by atoms with Crippen molar-refractivity contribution in [3.05, 3.63) is 23.9 Å². The van der Waals surface area contributed by atoms with Crippen LogP contribution in [0.1, 0.15) is 31.2 Å². The average Bonchev–Trinajstić information content (AvgIpc) is 2.92. The molecule has 0 aromatic carbocycles. The first-order chi connectivity index (χ1) is 12.2. The first-order valence-corrected chi connectivity index (χ1v) is 9.02. The topological polar surface area (TPSA) is 83.7 Å². The minimum Gasteiger partial charge on any atom is -0.465 e. The summed E-state index contributed by atoms with van der Waals surface area (Å²) >= 11 is 0. The predicted octanol–water partition coefficient (Wildman–Crippen LogP) is 1.75. The maximum atomic E-state index is 11.4. The fraction of sp³-hybridized carbons (Fsp3) is 0.611. The molecule has 132 valence electrons. The molecule has 2 atom stereocenters. The average molecular weight is 341 g/mol. The minimum atomic E-state index is -0.751. The fourth-order valence-corrected chi connectivity index (χ4v) is 4.74. The standard InChI is InChI=1S/C18H23N5O2/c19-12-13-3-4-20-17(9-13)22-7-5-21(6-8-22)16-10-14-1-2-15(11-16)23(14)18(24)25/h3-4,9,14-16H,1-2,5-8,10-11H2,(H,24,25). The van der Waals surface area contributed by atoms with Crippen molar-refractivity contribution in [2.45, 2.75) is 43.8 Å².